The maximum Gasteiger partial charge on any atom is 0.433 e. The second-order valence-electron chi connectivity index (χ2n) is 5.18. The number of pyridine rings is 1. The molecule has 0 radical (unpaired) electrons. The molecule has 108 valence electrons. The van der Waals surface area contributed by atoms with E-state index < -0.39 is 23.6 Å². The Morgan fingerprint density at radius 2 is 1.47 bits per heavy atom. The van der Waals surface area contributed by atoms with Gasteiger partial charge in [-0.1, -0.05) is 0 Å². The molecular formula is C11H13F6N2+. The SMILES string of the molecule is C[N+](C)(C)Cc1cc(C(F)(F)F)cc(C(F)(F)F)n1. The van der Waals surface area contributed by atoms with Gasteiger partial charge in [0, 0.05) is 0 Å². The Labute approximate surface area is 106 Å². The summed E-state index contributed by atoms with van der Waals surface area (Å²) in [6.45, 7) is -0.0347. The van der Waals surface area contributed by atoms with Crippen molar-refractivity contribution >= 4 is 0 Å². The smallest absolute Gasteiger partial charge is 0.326 e. The summed E-state index contributed by atoms with van der Waals surface area (Å²) in [5.74, 6) is 0. The molecule has 0 atom stereocenters. The minimum atomic E-state index is -4.90. The standard InChI is InChI=1S/C11H13F6N2/c1-19(2,3)6-8-4-7(10(12,13)14)5-9(18-8)11(15,16)17/h4-5H,6H2,1-3H3/q+1. The zero-order chi connectivity index (χ0) is 15.1. The van der Waals surface area contributed by atoms with Gasteiger partial charge in [-0.3, -0.25) is 0 Å². The molecule has 2 nitrogen and oxygen atoms in total. The predicted octanol–water partition coefficient (Wildman–Crippen LogP) is 3.33. The van der Waals surface area contributed by atoms with Gasteiger partial charge in [-0.15, -0.1) is 0 Å². The topological polar surface area (TPSA) is 12.9 Å². The molecule has 0 saturated carbocycles. The Bertz CT molecular complexity index is 423. The Morgan fingerprint density at radius 3 is 1.84 bits per heavy atom. The van der Waals surface area contributed by atoms with Crippen molar-refractivity contribution in [3.63, 3.8) is 0 Å². The van der Waals surface area contributed by atoms with E-state index in [0.29, 0.717) is 6.07 Å². The van der Waals surface area contributed by atoms with Gasteiger partial charge in [-0.2, -0.15) is 26.3 Å². The van der Waals surface area contributed by atoms with Crippen LogP contribution in [0.4, 0.5) is 26.3 Å². The fourth-order valence-electron chi connectivity index (χ4n) is 1.46. The highest BCUT2D eigenvalue weighted by atomic mass is 19.4. The minimum Gasteiger partial charge on any atom is -0.326 e. The van der Waals surface area contributed by atoms with E-state index in [0.717, 1.165) is 0 Å². The van der Waals surface area contributed by atoms with Crippen LogP contribution in [0.1, 0.15) is 17.0 Å². The molecule has 8 heteroatoms. The van der Waals surface area contributed by atoms with Gasteiger partial charge in [0.05, 0.1) is 32.4 Å². The van der Waals surface area contributed by atoms with Crippen LogP contribution in [0, 0.1) is 0 Å². The second kappa shape index (κ2) is 4.66. The van der Waals surface area contributed by atoms with Gasteiger partial charge >= 0.3 is 12.4 Å². The van der Waals surface area contributed by atoms with Crippen LogP contribution >= 0.6 is 0 Å². The maximum absolute atomic E-state index is 12.6. The number of hydrogen-bond acceptors (Lipinski definition) is 1. The van der Waals surface area contributed by atoms with Gasteiger partial charge < -0.3 is 4.48 Å². The highest BCUT2D eigenvalue weighted by molar-refractivity contribution is 5.25. The van der Waals surface area contributed by atoms with Crippen LogP contribution in [0.3, 0.4) is 0 Å². The molecule has 1 aromatic heterocycles. The molecule has 0 aromatic carbocycles. The third kappa shape index (κ3) is 4.70. The first-order valence-electron chi connectivity index (χ1n) is 5.25. The molecule has 0 saturated heterocycles. The van der Waals surface area contributed by atoms with E-state index in [-0.39, 0.29) is 22.8 Å². The largest absolute Gasteiger partial charge is 0.433 e. The van der Waals surface area contributed by atoms with Crippen molar-refractivity contribution in [3.8, 4) is 0 Å². The third-order valence-corrected chi connectivity index (χ3v) is 2.13. The van der Waals surface area contributed by atoms with Gasteiger partial charge in [0.1, 0.15) is 12.2 Å². The molecule has 0 aliphatic carbocycles. The zero-order valence-electron chi connectivity index (χ0n) is 10.5. The van der Waals surface area contributed by atoms with Crippen molar-refractivity contribution in [3.05, 3.63) is 29.1 Å². The van der Waals surface area contributed by atoms with Crippen LogP contribution < -0.4 is 0 Å². The summed E-state index contributed by atoms with van der Waals surface area (Å²) in [5.41, 5.74) is -3.10. The normalized spacial score (nSPS) is 13.7. The Hall–Kier alpha value is -1.31. The lowest BCUT2D eigenvalue weighted by atomic mass is 10.1. The summed E-state index contributed by atoms with van der Waals surface area (Å²) in [6.07, 6.45) is -9.73. The first-order chi connectivity index (χ1) is 8.29. The van der Waals surface area contributed by atoms with E-state index in [4.69, 9.17) is 0 Å². The number of quaternary nitrogens is 1. The molecule has 0 aliphatic rings. The van der Waals surface area contributed by atoms with Crippen molar-refractivity contribution in [2.75, 3.05) is 21.1 Å². The lowest BCUT2D eigenvalue weighted by molar-refractivity contribution is -0.884. The average Bonchev–Trinajstić information content (AvgIpc) is 2.11. The first-order valence-corrected chi connectivity index (χ1v) is 5.25. The zero-order valence-corrected chi connectivity index (χ0v) is 10.5. The summed E-state index contributed by atoms with van der Waals surface area (Å²) in [4.78, 5) is 3.26. The minimum absolute atomic E-state index is 0.0269. The molecule has 0 N–H and O–H groups in total. The number of rotatable bonds is 2. The summed E-state index contributed by atoms with van der Waals surface area (Å²) in [5, 5.41) is 0. The fraction of sp³-hybridized carbons (Fsp3) is 0.545. The molecule has 1 rings (SSSR count). The number of halogens is 6. The van der Waals surface area contributed by atoms with Crippen LogP contribution in [0.5, 0.6) is 0 Å². The predicted molar refractivity (Wildman–Crippen MR) is 56.0 cm³/mol. The van der Waals surface area contributed by atoms with Crippen molar-refractivity contribution in [1.29, 1.82) is 0 Å². The van der Waals surface area contributed by atoms with E-state index in [1.807, 2.05) is 0 Å². The molecule has 0 unspecified atom stereocenters. The Balaban J connectivity index is 3.33. The number of alkyl halides is 6. The summed E-state index contributed by atoms with van der Waals surface area (Å²) >= 11 is 0. The molecule has 1 aromatic rings. The van der Waals surface area contributed by atoms with Crippen molar-refractivity contribution in [2.45, 2.75) is 18.9 Å². The van der Waals surface area contributed by atoms with Gasteiger partial charge in [0.25, 0.3) is 0 Å². The van der Waals surface area contributed by atoms with Crippen LogP contribution in [0.15, 0.2) is 12.1 Å². The van der Waals surface area contributed by atoms with Crippen molar-refractivity contribution in [1.82, 2.24) is 4.98 Å². The quantitative estimate of drug-likeness (QED) is 0.600. The number of nitrogens with zero attached hydrogens (tertiary/aromatic N) is 2. The molecular weight excluding hydrogens is 274 g/mol. The second-order valence-corrected chi connectivity index (χ2v) is 5.18. The molecule has 0 aliphatic heterocycles. The number of hydrogen-bond donors (Lipinski definition) is 0. The molecule has 0 bridgehead atoms. The summed E-state index contributed by atoms with van der Waals surface area (Å²) in [6, 6.07) is 0.678. The molecule has 1 heterocycles. The number of aromatic nitrogens is 1. The monoisotopic (exact) mass is 287 g/mol. The van der Waals surface area contributed by atoms with Crippen LogP contribution in [-0.4, -0.2) is 30.6 Å². The maximum atomic E-state index is 12.6. The lowest BCUT2D eigenvalue weighted by Gasteiger charge is -2.24. The average molecular weight is 287 g/mol. The van der Waals surface area contributed by atoms with E-state index in [1.165, 1.54) is 0 Å². The highest BCUT2D eigenvalue weighted by Gasteiger charge is 2.38. The van der Waals surface area contributed by atoms with Gasteiger partial charge in [-0.25, -0.2) is 4.98 Å². The molecule has 0 amide bonds. The Kier molecular flexibility index (Phi) is 3.86. The van der Waals surface area contributed by atoms with Crippen LogP contribution in [-0.2, 0) is 18.9 Å². The van der Waals surface area contributed by atoms with Crippen molar-refractivity contribution < 1.29 is 30.8 Å². The first kappa shape index (κ1) is 15.7. The van der Waals surface area contributed by atoms with Gasteiger partial charge in [-0.05, 0) is 12.1 Å². The Morgan fingerprint density at radius 1 is 0.947 bits per heavy atom. The van der Waals surface area contributed by atoms with Crippen LogP contribution in [0.2, 0.25) is 0 Å². The van der Waals surface area contributed by atoms with Crippen molar-refractivity contribution in [2.24, 2.45) is 0 Å². The van der Waals surface area contributed by atoms with E-state index in [9.17, 15) is 26.3 Å². The van der Waals surface area contributed by atoms with Crippen LogP contribution in [0.25, 0.3) is 0 Å². The van der Waals surface area contributed by atoms with E-state index >= 15 is 0 Å². The highest BCUT2D eigenvalue weighted by Crippen LogP contribution is 2.35. The van der Waals surface area contributed by atoms with E-state index in [2.05, 4.69) is 4.98 Å². The molecule has 19 heavy (non-hydrogen) atoms. The van der Waals surface area contributed by atoms with E-state index in [1.54, 1.807) is 21.1 Å². The molecule has 0 spiro atoms. The van der Waals surface area contributed by atoms with Gasteiger partial charge in [0.15, 0.2) is 0 Å². The summed E-state index contributed by atoms with van der Waals surface area (Å²) < 4.78 is 75.5. The van der Waals surface area contributed by atoms with Gasteiger partial charge in [0.2, 0.25) is 0 Å². The lowest BCUT2D eigenvalue weighted by Crippen LogP contribution is -2.34. The fourth-order valence-corrected chi connectivity index (χ4v) is 1.46. The molecule has 0 fully saturated rings. The third-order valence-electron chi connectivity index (χ3n) is 2.13. The summed E-state index contributed by atoms with van der Waals surface area (Å²) in [7, 11) is 4.94.